The number of rotatable bonds is 8. The molecule has 0 bridgehead atoms. The topological polar surface area (TPSA) is 60.5 Å². The summed E-state index contributed by atoms with van der Waals surface area (Å²) >= 11 is 0. The summed E-state index contributed by atoms with van der Waals surface area (Å²) < 4.78 is 22.1. The van der Waals surface area contributed by atoms with Gasteiger partial charge in [-0.2, -0.15) is 0 Å². The summed E-state index contributed by atoms with van der Waals surface area (Å²) in [6, 6.07) is 8.29. The Morgan fingerprint density at radius 3 is 2.04 bits per heavy atom. The van der Waals surface area contributed by atoms with Crippen LogP contribution in [0.25, 0.3) is 0 Å². The first-order chi connectivity index (χ1) is 13.3. The molecular weight excluding hydrogens is 379 g/mol. The molecule has 2 rings (SSSR count). The number of nitrogens with zero attached hydrogens (tertiary/aromatic N) is 2. The maximum Gasteiger partial charge on any atom is 0.410 e. The van der Waals surface area contributed by atoms with E-state index in [9.17, 15) is 4.79 Å². The fourth-order valence-corrected chi connectivity index (χ4v) is 3.63. The molecule has 0 unspecified atom stereocenters. The predicted molar refractivity (Wildman–Crippen MR) is 111 cm³/mol. The number of amides is 1. The van der Waals surface area contributed by atoms with Gasteiger partial charge < -0.3 is 28.1 Å². The second-order valence-corrected chi connectivity index (χ2v) is 8.68. The molecule has 1 heterocycles. The fourth-order valence-electron chi connectivity index (χ4n) is 2.73. The average molecular weight is 412 g/mol. The van der Waals surface area contributed by atoms with E-state index in [2.05, 4.69) is 29.2 Å². The Morgan fingerprint density at radius 1 is 0.964 bits per heavy atom. The molecule has 0 saturated carbocycles. The Kier molecular flexibility index (Phi) is 8.96. The third-order valence-corrected chi connectivity index (χ3v) is 5.32. The molecule has 1 fully saturated rings. The van der Waals surface area contributed by atoms with Crippen molar-refractivity contribution in [2.75, 3.05) is 44.3 Å². The van der Waals surface area contributed by atoms with Gasteiger partial charge in [-0.1, -0.05) is 12.1 Å². The van der Waals surface area contributed by atoms with Gasteiger partial charge in [0.05, 0.1) is 19.8 Å². The Labute approximate surface area is 169 Å². The number of piperazine rings is 1. The van der Waals surface area contributed by atoms with Crippen LogP contribution in [0.5, 0.6) is 0 Å². The van der Waals surface area contributed by atoms with Crippen molar-refractivity contribution in [1.82, 2.24) is 4.90 Å². The largest absolute Gasteiger partial charge is 0.444 e. The molecule has 1 aliphatic rings. The summed E-state index contributed by atoms with van der Waals surface area (Å²) in [6.45, 7) is 14.0. The first-order valence-electron chi connectivity index (χ1n) is 9.83. The number of carbonyl (C=O) groups excluding carboxylic acids is 1. The molecule has 1 aromatic rings. The van der Waals surface area contributed by atoms with Crippen molar-refractivity contribution in [2.24, 2.45) is 0 Å². The Morgan fingerprint density at radius 2 is 1.54 bits per heavy atom. The molecule has 7 nitrogen and oxygen atoms in total. The highest BCUT2D eigenvalue weighted by Crippen LogP contribution is 2.40. The molecular formula is C20H33N2O5P. The van der Waals surface area contributed by atoms with Crippen LogP contribution in [0.15, 0.2) is 24.3 Å². The highest BCUT2D eigenvalue weighted by atomic mass is 31.2. The van der Waals surface area contributed by atoms with Gasteiger partial charge in [-0.05, 0) is 52.3 Å². The maximum atomic E-state index is 12.2. The third-order valence-electron chi connectivity index (χ3n) is 4.04. The van der Waals surface area contributed by atoms with Gasteiger partial charge in [0.1, 0.15) is 5.60 Å². The second kappa shape index (κ2) is 11.0. The van der Waals surface area contributed by atoms with E-state index in [0.717, 1.165) is 24.3 Å². The van der Waals surface area contributed by atoms with E-state index in [0.29, 0.717) is 32.9 Å². The molecule has 158 valence electrons. The quantitative estimate of drug-likeness (QED) is 0.584. The molecule has 1 amide bonds. The lowest BCUT2D eigenvalue weighted by Crippen LogP contribution is -2.50. The molecule has 28 heavy (non-hydrogen) atoms. The second-order valence-electron chi connectivity index (χ2n) is 7.45. The van der Waals surface area contributed by atoms with Gasteiger partial charge in [-0.25, -0.2) is 4.79 Å². The first kappa shape index (κ1) is 22.9. The van der Waals surface area contributed by atoms with Crippen molar-refractivity contribution in [3.05, 3.63) is 29.8 Å². The van der Waals surface area contributed by atoms with Crippen LogP contribution in [0.4, 0.5) is 10.5 Å². The molecule has 0 atom stereocenters. The molecule has 0 N–H and O–H groups in total. The van der Waals surface area contributed by atoms with Crippen molar-refractivity contribution in [3.8, 4) is 0 Å². The lowest BCUT2D eigenvalue weighted by atomic mass is 10.2. The molecule has 0 radical (unpaired) electrons. The van der Waals surface area contributed by atoms with Gasteiger partial charge >= 0.3 is 14.7 Å². The summed E-state index contributed by atoms with van der Waals surface area (Å²) in [4.78, 5) is 16.2. The standard InChI is InChI=1S/C20H33N2O5P/c1-6-24-28(25-7-2)26-16-17-8-10-18(11-9-17)21-12-14-22(15-13-21)19(23)27-20(3,4)5/h8-11H,6-7,12-16H2,1-5H3. The monoisotopic (exact) mass is 412 g/mol. The number of benzene rings is 1. The molecule has 8 heteroatoms. The van der Waals surface area contributed by atoms with Crippen LogP contribution in [-0.2, 0) is 24.9 Å². The van der Waals surface area contributed by atoms with Gasteiger partial charge in [-0.3, -0.25) is 0 Å². The van der Waals surface area contributed by atoms with E-state index in [1.807, 2.05) is 34.6 Å². The van der Waals surface area contributed by atoms with Crippen LogP contribution in [0.1, 0.15) is 40.2 Å². The minimum atomic E-state index is -1.29. The number of carbonyl (C=O) groups is 1. The molecule has 0 aromatic heterocycles. The summed E-state index contributed by atoms with van der Waals surface area (Å²) in [5.41, 5.74) is 1.75. The van der Waals surface area contributed by atoms with Gasteiger partial charge in [0.2, 0.25) is 0 Å². The molecule has 1 aromatic carbocycles. The van der Waals surface area contributed by atoms with Crippen LogP contribution in [0.3, 0.4) is 0 Å². The normalized spacial score (nSPS) is 15.2. The summed E-state index contributed by atoms with van der Waals surface area (Å²) in [7, 11) is -1.29. The van der Waals surface area contributed by atoms with E-state index >= 15 is 0 Å². The Hall–Kier alpha value is -1.40. The zero-order valence-electron chi connectivity index (χ0n) is 17.6. The van der Waals surface area contributed by atoms with Crippen LogP contribution >= 0.6 is 8.60 Å². The summed E-state index contributed by atoms with van der Waals surface area (Å²) in [6.07, 6.45) is -0.236. The molecule has 0 spiro atoms. The van der Waals surface area contributed by atoms with E-state index in [4.69, 9.17) is 18.3 Å². The smallest absolute Gasteiger partial charge is 0.410 e. The van der Waals surface area contributed by atoms with Crippen molar-refractivity contribution >= 4 is 20.4 Å². The predicted octanol–water partition coefficient (Wildman–Crippen LogP) is 4.56. The minimum absolute atomic E-state index is 0.236. The zero-order chi connectivity index (χ0) is 20.6. The van der Waals surface area contributed by atoms with E-state index in [-0.39, 0.29) is 6.09 Å². The average Bonchev–Trinajstić information content (AvgIpc) is 2.66. The molecule has 0 aliphatic carbocycles. The van der Waals surface area contributed by atoms with E-state index in [1.165, 1.54) is 0 Å². The van der Waals surface area contributed by atoms with Crippen molar-refractivity contribution in [1.29, 1.82) is 0 Å². The minimum Gasteiger partial charge on any atom is -0.444 e. The Balaban J connectivity index is 1.82. The number of hydrogen-bond donors (Lipinski definition) is 0. The Bertz CT molecular complexity index is 592. The fraction of sp³-hybridized carbons (Fsp3) is 0.650. The van der Waals surface area contributed by atoms with Crippen molar-refractivity contribution < 1.29 is 23.1 Å². The summed E-state index contributed by atoms with van der Waals surface area (Å²) in [5, 5.41) is 0. The molecule has 1 saturated heterocycles. The van der Waals surface area contributed by atoms with E-state index < -0.39 is 14.2 Å². The number of ether oxygens (including phenoxy) is 1. The van der Waals surface area contributed by atoms with E-state index in [1.54, 1.807) is 4.90 Å². The lowest BCUT2D eigenvalue weighted by Gasteiger charge is -2.36. The highest BCUT2D eigenvalue weighted by Gasteiger charge is 2.25. The van der Waals surface area contributed by atoms with Gasteiger partial charge in [0.15, 0.2) is 0 Å². The van der Waals surface area contributed by atoms with Crippen molar-refractivity contribution in [2.45, 2.75) is 46.8 Å². The SMILES string of the molecule is CCOP(OCC)OCc1ccc(N2CCN(C(=O)OC(C)(C)C)CC2)cc1. The summed E-state index contributed by atoms with van der Waals surface area (Å²) in [5.74, 6) is 0. The number of hydrogen-bond acceptors (Lipinski definition) is 6. The lowest BCUT2D eigenvalue weighted by molar-refractivity contribution is 0.0240. The van der Waals surface area contributed by atoms with Gasteiger partial charge in [-0.15, -0.1) is 0 Å². The van der Waals surface area contributed by atoms with Crippen molar-refractivity contribution in [3.63, 3.8) is 0 Å². The van der Waals surface area contributed by atoms with Crippen LogP contribution in [-0.4, -0.2) is 56.0 Å². The third kappa shape index (κ3) is 7.55. The molecule has 1 aliphatic heterocycles. The highest BCUT2D eigenvalue weighted by molar-refractivity contribution is 7.41. The first-order valence-corrected chi connectivity index (χ1v) is 10.9. The zero-order valence-corrected chi connectivity index (χ0v) is 18.5. The van der Waals surface area contributed by atoms with Crippen LogP contribution in [0, 0.1) is 0 Å². The number of anilines is 1. The van der Waals surface area contributed by atoms with Gasteiger partial charge in [0, 0.05) is 31.9 Å². The van der Waals surface area contributed by atoms with Crippen LogP contribution in [0.2, 0.25) is 0 Å². The maximum absolute atomic E-state index is 12.2. The van der Waals surface area contributed by atoms with Crippen LogP contribution < -0.4 is 4.90 Å². The van der Waals surface area contributed by atoms with Gasteiger partial charge in [0.25, 0.3) is 0 Å².